The van der Waals surface area contributed by atoms with Crippen LogP contribution in [0.15, 0.2) is 54.6 Å². The number of carbonyl (C=O) groups is 1. The summed E-state index contributed by atoms with van der Waals surface area (Å²) in [4.78, 5) is 14.4. The molecule has 1 N–H and O–H groups in total. The number of carbonyl (C=O) groups excluding carboxylic acids is 1. The van der Waals surface area contributed by atoms with Crippen LogP contribution in [-0.4, -0.2) is 38.1 Å². The quantitative estimate of drug-likeness (QED) is 0.714. The number of amides is 1. The van der Waals surface area contributed by atoms with Gasteiger partial charge in [0.15, 0.2) is 0 Å². The second-order valence-electron chi connectivity index (χ2n) is 6.13. The van der Waals surface area contributed by atoms with E-state index >= 15 is 0 Å². The minimum Gasteiger partial charge on any atom is -0.342 e. The molecule has 0 aromatic heterocycles. The van der Waals surface area contributed by atoms with Crippen LogP contribution in [0, 0.1) is 5.82 Å². The van der Waals surface area contributed by atoms with Crippen LogP contribution >= 0.6 is 0 Å². The standard InChI is InChI=1S/C20H25FN2O3S/c1-3-23(4-2)20(24)19(17-11-6-5-7-12-17)22-27(25,26)15-14-16-10-8-9-13-18(16)21/h5-13,19,22H,3-4,14-15H2,1-2H3/t19-/m0/s1. The summed E-state index contributed by atoms with van der Waals surface area (Å²) in [6.07, 6.45) is 0.0307. The highest BCUT2D eigenvalue weighted by Gasteiger charge is 2.28. The molecule has 7 heteroatoms. The van der Waals surface area contributed by atoms with E-state index in [4.69, 9.17) is 0 Å². The Kier molecular flexibility index (Phi) is 7.50. The highest BCUT2D eigenvalue weighted by atomic mass is 32.2. The van der Waals surface area contributed by atoms with Crippen molar-refractivity contribution in [3.63, 3.8) is 0 Å². The van der Waals surface area contributed by atoms with E-state index in [-0.39, 0.29) is 18.1 Å². The van der Waals surface area contributed by atoms with Gasteiger partial charge >= 0.3 is 0 Å². The van der Waals surface area contributed by atoms with Gasteiger partial charge in [0.05, 0.1) is 5.75 Å². The summed E-state index contributed by atoms with van der Waals surface area (Å²) in [6, 6.07) is 13.8. The predicted molar refractivity (Wildman–Crippen MR) is 104 cm³/mol. The highest BCUT2D eigenvalue weighted by Crippen LogP contribution is 2.18. The second-order valence-corrected chi connectivity index (χ2v) is 8.01. The molecule has 146 valence electrons. The van der Waals surface area contributed by atoms with E-state index in [2.05, 4.69) is 4.72 Å². The summed E-state index contributed by atoms with van der Waals surface area (Å²) in [5.74, 6) is -1.05. The van der Waals surface area contributed by atoms with E-state index in [1.807, 2.05) is 13.8 Å². The first-order valence-electron chi connectivity index (χ1n) is 8.95. The van der Waals surface area contributed by atoms with Crippen molar-refractivity contribution >= 4 is 15.9 Å². The zero-order valence-electron chi connectivity index (χ0n) is 15.6. The normalized spacial score (nSPS) is 12.6. The van der Waals surface area contributed by atoms with E-state index in [1.165, 1.54) is 6.07 Å². The van der Waals surface area contributed by atoms with Gasteiger partial charge in [0, 0.05) is 13.1 Å². The SMILES string of the molecule is CCN(CC)C(=O)[C@@H](NS(=O)(=O)CCc1ccccc1F)c1ccccc1. The van der Waals surface area contributed by atoms with Crippen LogP contribution in [0.2, 0.25) is 0 Å². The molecule has 0 aliphatic rings. The van der Waals surface area contributed by atoms with Crippen LogP contribution in [-0.2, 0) is 21.2 Å². The fourth-order valence-corrected chi connectivity index (χ4v) is 4.01. The molecule has 2 aromatic rings. The number of hydrogen-bond donors (Lipinski definition) is 1. The lowest BCUT2D eigenvalue weighted by Gasteiger charge is -2.26. The van der Waals surface area contributed by atoms with Crippen molar-refractivity contribution in [3.8, 4) is 0 Å². The van der Waals surface area contributed by atoms with Crippen LogP contribution in [0.1, 0.15) is 31.0 Å². The number of aryl methyl sites for hydroxylation is 1. The Morgan fingerprint density at radius 3 is 2.22 bits per heavy atom. The van der Waals surface area contributed by atoms with Crippen molar-refractivity contribution in [3.05, 3.63) is 71.5 Å². The summed E-state index contributed by atoms with van der Waals surface area (Å²) in [6.45, 7) is 4.65. The summed E-state index contributed by atoms with van der Waals surface area (Å²) in [5.41, 5.74) is 0.901. The number of halogens is 1. The number of benzene rings is 2. The van der Waals surface area contributed by atoms with Gasteiger partial charge in [-0.2, -0.15) is 4.72 Å². The lowest BCUT2D eigenvalue weighted by atomic mass is 10.1. The lowest BCUT2D eigenvalue weighted by molar-refractivity contribution is -0.132. The van der Waals surface area contributed by atoms with Gasteiger partial charge in [-0.15, -0.1) is 0 Å². The molecule has 5 nitrogen and oxygen atoms in total. The van der Waals surface area contributed by atoms with Gasteiger partial charge in [0.25, 0.3) is 0 Å². The molecule has 0 unspecified atom stereocenters. The molecular weight excluding hydrogens is 367 g/mol. The molecule has 0 spiro atoms. The fourth-order valence-electron chi connectivity index (χ4n) is 2.81. The van der Waals surface area contributed by atoms with E-state index in [0.717, 1.165) is 0 Å². The second kappa shape index (κ2) is 9.62. The van der Waals surface area contributed by atoms with Crippen LogP contribution in [0.3, 0.4) is 0 Å². The van der Waals surface area contributed by atoms with E-state index in [1.54, 1.807) is 53.4 Å². The largest absolute Gasteiger partial charge is 0.342 e. The number of rotatable bonds is 9. The molecule has 0 aliphatic heterocycles. The zero-order valence-corrected chi connectivity index (χ0v) is 16.4. The molecule has 0 aliphatic carbocycles. The molecule has 27 heavy (non-hydrogen) atoms. The van der Waals surface area contributed by atoms with Crippen molar-refractivity contribution in [2.75, 3.05) is 18.8 Å². The van der Waals surface area contributed by atoms with Gasteiger partial charge in [0.2, 0.25) is 15.9 Å². The average Bonchev–Trinajstić information content (AvgIpc) is 2.67. The van der Waals surface area contributed by atoms with Crippen molar-refractivity contribution in [1.82, 2.24) is 9.62 Å². The first-order chi connectivity index (χ1) is 12.9. The Labute approximate surface area is 160 Å². The minimum absolute atomic E-state index is 0.0307. The monoisotopic (exact) mass is 392 g/mol. The Bertz CT molecular complexity index is 853. The number of nitrogens with one attached hydrogen (secondary N) is 1. The molecule has 0 fully saturated rings. The van der Waals surface area contributed by atoms with E-state index in [9.17, 15) is 17.6 Å². The molecule has 0 saturated heterocycles. The summed E-state index contributed by atoms with van der Waals surface area (Å²) in [5, 5.41) is 0. The maximum atomic E-state index is 13.7. The molecule has 1 atom stereocenters. The minimum atomic E-state index is -3.80. The number of likely N-dealkylation sites (N-methyl/N-ethyl adjacent to an activating group) is 1. The summed E-state index contributed by atoms with van der Waals surface area (Å²) >= 11 is 0. The summed E-state index contributed by atoms with van der Waals surface area (Å²) < 4.78 is 41.4. The summed E-state index contributed by atoms with van der Waals surface area (Å²) in [7, 11) is -3.80. The fraction of sp³-hybridized carbons (Fsp3) is 0.350. The first kappa shape index (κ1) is 21.1. The Balaban J connectivity index is 2.20. The van der Waals surface area contributed by atoms with Crippen LogP contribution in [0.4, 0.5) is 4.39 Å². The van der Waals surface area contributed by atoms with Crippen molar-refractivity contribution < 1.29 is 17.6 Å². The lowest BCUT2D eigenvalue weighted by Crippen LogP contribution is -2.43. The molecule has 2 aromatic carbocycles. The third-order valence-electron chi connectivity index (χ3n) is 4.35. The van der Waals surface area contributed by atoms with Gasteiger partial charge in [0.1, 0.15) is 11.9 Å². The maximum Gasteiger partial charge on any atom is 0.245 e. The van der Waals surface area contributed by atoms with Gasteiger partial charge in [-0.3, -0.25) is 4.79 Å². The van der Waals surface area contributed by atoms with Gasteiger partial charge in [-0.25, -0.2) is 12.8 Å². The third-order valence-corrected chi connectivity index (χ3v) is 5.69. The number of sulfonamides is 1. The Morgan fingerprint density at radius 2 is 1.63 bits per heavy atom. The van der Waals surface area contributed by atoms with Crippen LogP contribution < -0.4 is 4.72 Å². The van der Waals surface area contributed by atoms with Gasteiger partial charge in [-0.05, 0) is 37.5 Å². The topological polar surface area (TPSA) is 66.5 Å². The molecular formula is C20H25FN2O3S. The number of hydrogen-bond acceptors (Lipinski definition) is 3. The van der Waals surface area contributed by atoms with Crippen molar-refractivity contribution in [1.29, 1.82) is 0 Å². The van der Waals surface area contributed by atoms with Crippen molar-refractivity contribution in [2.45, 2.75) is 26.3 Å². The Morgan fingerprint density at radius 1 is 1.04 bits per heavy atom. The van der Waals surface area contributed by atoms with Crippen molar-refractivity contribution in [2.24, 2.45) is 0 Å². The molecule has 0 radical (unpaired) electrons. The molecule has 0 saturated carbocycles. The first-order valence-corrected chi connectivity index (χ1v) is 10.6. The number of nitrogens with zero attached hydrogens (tertiary/aromatic N) is 1. The highest BCUT2D eigenvalue weighted by molar-refractivity contribution is 7.89. The third kappa shape index (κ3) is 5.87. The maximum absolute atomic E-state index is 13.7. The molecule has 0 heterocycles. The van der Waals surface area contributed by atoms with Gasteiger partial charge in [-0.1, -0.05) is 48.5 Å². The average molecular weight is 392 g/mol. The molecule has 0 bridgehead atoms. The van der Waals surface area contributed by atoms with E-state index in [0.29, 0.717) is 24.2 Å². The molecule has 1 amide bonds. The van der Waals surface area contributed by atoms with Crippen LogP contribution in [0.5, 0.6) is 0 Å². The predicted octanol–water partition coefficient (Wildman–Crippen LogP) is 2.90. The smallest absolute Gasteiger partial charge is 0.245 e. The van der Waals surface area contributed by atoms with E-state index < -0.39 is 21.9 Å². The Hall–Kier alpha value is -2.25. The van der Waals surface area contributed by atoms with Gasteiger partial charge < -0.3 is 4.90 Å². The zero-order chi connectivity index (χ0) is 19.9. The molecule has 2 rings (SSSR count). The van der Waals surface area contributed by atoms with Crippen LogP contribution in [0.25, 0.3) is 0 Å².